The third kappa shape index (κ3) is 6.73. The van der Waals surface area contributed by atoms with Crippen LogP contribution in [-0.2, 0) is 20.7 Å². The molecule has 0 bridgehead atoms. The summed E-state index contributed by atoms with van der Waals surface area (Å²) in [6, 6.07) is 25.8. The average molecular weight is 497 g/mol. The topological polar surface area (TPSA) is 97.6 Å². The van der Waals surface area contributed by atoms with Crippen molar-refractivity contribution in [3.05, 3.63) is 125 Å². The number of esters is 1. The lowest BCUT2D eigenvalue weighted by Crippen LogP contribution is -2.44. The molecule has 188 valence electrons. The number of hydrogen-bond donors (Lipinski definition) is 2. The molecule has 2 N–H and O–H groups in total. The van der Waals surface area contributed by atoms with Crippen LogP contribution in [0.15, 0.2) is 102 Å². The fourth-order valence-electron chi connectivity index (χ4n) is 3.85. The maximum absolute atomic E-state index is 13.5. The van der Waals surface area contributed by atoms with Crippen molar-refractivity contribution in [3.8, 4) is 0 Å². The quantitative estimate of drug-likeness (QED) is 0.312. The van der Waals surface area contributed by atoms with E-state index < -0.39 is 29.9 Å². The van der Waals surface area contributed by atoms with E-state index >= 15 is 0 Å². The number of hydrogen-bond acceptors (Lipinski definition) is 5. The number of aryl methyl sites for hydroxylation is 2. The maximum Gasteiger partial charge on any atom is 0.330 e. The summed E-state index contributed by atoms with van der Waals surface area (Å²) in [4.78, 5) is 39.6. The number of benzene rings is 3. The molecule has 0 spiro atoms. The van der Waals surface area contributed by atoms with Crippen LogP contribution in [-0.4, -0.2) is 23.8 Å². The third-order valence-electron chi connectivity index (χ3n) is 5.84. The average Bonchev–Trinajstić information content (AvgIpc) is 3.45. The summed E-state index contributed by atoms with van der Waals surface area (Å²) in [5.41, 5.74) is 3.83. The van der Waals surface area contributed by atoms with Crippen LogP contribution in [0.1, 0.15) is 38.9 Å². The number of ether oxygens (including phenoxy) is 1. The second-order valence-corrected chi connectivity index (χ2v) is 8.73. The van der Waals surface area contributed by atoms with Crippen LogP contribution < -0.4 is 10.6 Å². The van der Waals surface area contributed by atoms with E-state index in [0.717, 1.165) is 16.7 Å². The summed E-state index contributed by atoms with van der Waals surface area (Å²) in [5, 5.41) is 5.58. The van der Waals surface area contributed by atoms with Crippen LogP contribution in [0.5, 0.6) is 0 Å². The number of furan rings is 1. The van der Waals surface area contributed by atoms with Gasteiger partial charge in [-0.15, -0.1) is 0 Å². The first-order chi connectivity index (χ1) is 17.9. The molecule has 4 aromatic rings. The van der Waals surface area contributed by atoms with Crippen molar-refractivity contribution in [1.82, 2.24) is 5.32 Å². The van der Waals surface area contributed by atoms with Crippen molar-refractivity contribution < 1.29 is 23.5 Å². The Morgan fingerprint density at radius 2 is 1.57 bits per heavy atom. The molecule has 1 aromatic heterocycles. The van der Waals surface area contributed by atoms with Crippen molar-refractivity contribution in [3.63, 3.8) is 0 Å². The highest BCUT2D eigenvalue weighted by Gasteiger charge is 2.31. The van der Waals surface area contributed by atoms with Crippen LogP contribution in [0.25, 0.3) is 0 Å². The van der Waals surface area contributed by atoms with E-state index in [1.54, 1.807) is 30.3 Å². The molecule has 0 aliphatic rings. The van der Waals surface area contributed by atoms with Gasteiger partial charge < -0.3 is 19.8 Å². The Balaban J connectivity index is 1.59. The molecule has 7 nitrogen and oxygen atoms in total. The van der Waals surface area contributed by atoms with Crippen LogP contribution in [0.3, 0.4) is 0 Å². The molecule has 0 saturated heterocycles. The number of carbonyl (C=O) groups is 3. The highest BCUT2D eigenvalue weighted by atomic mass is 16.5. The molecule has 7 heteroatoms. The fraction of sp³-hybridized carbons (Fsp3) is 0.167. The molecule has 4 rings (SSSR count). The lowest BCUT2D eigenvalue weighted by atomic mass is 10.0. The lowest BCUT2D eigenvalue weighted by molar-refractivity contribution is -0.156. The molecule has 0 aliphatic heterocycles. The predicted molar refractivity (Wildman–Crippen MR) is 140 cm³/mol. The molecule has 0 saturated carbocycles. The minimum absolute atomic E-state index is 0.0677. The second-order valence-electron chi connectivity index (χ2n) is 8.73. The van der Waals surface area contributed by atoms with Crippen LogP contribution >= 0.6 is 0 Å². The SMILES string of the molecule is Cc1ccc(C)c(NC(=O)[C@@H](OC(=O)[C@H](Cc2ccccc2)NC(=O)c2ccco2)c2ccccc2)c1. The van der Waals surface area contributed by atoms with Crippen LogP contribution in [0, 0.1) is 13.8 Å². The zero-order valence-corrected chi connectivity index (χ0v) is 20.6. The normalized spacial score (nSPS) is 12.3. The Hall–Kier alpha value is -4.65. The van der Waals surface area contributed by atoms with E-state index in [1.165, 1.54) is 12.3 Å². The van der Waals surface area contributed by atoms with Crippen molar-refractivity contribution in [1.29, 1.82) is 0 Å². The molecule has 2 atom stereocenters. The van der Waals surface area contributed by atoms with Crippen molar-refractivity contribution in [2.75, 3.05) is 5.32 Å². The Labute approximate surface area is 215 Å². The maximum atomic E-state index is 13.5. The molecule has 0 aliphatic carbocycles. The van der Waals surface area contributed by atoms with Gasteiger partial charge in [-0.1, -0.05) is 72.8 Å². The van der Waals surface area contributed by atoms with Gasteiger partial charge in [-0.2, -0.15) is 0 Å². The van der Waals surface area contributed by atoms with Crippen LogP contribution in [0.4, 0.5) is 5.69 Å². The van der Waals surface area contributed by atoms with Gasteiger partial charge in [0.25, 0.3) is 11.8 Å². The van der Waals surface area contributed by atoms with E-state index in [4.69, 9.17) is 9.15 Å². The summed E-state index contributed by atoms with van der Waals surface area (Å²) in [6.07, 6.45) is 0.321. The third-order valence-corrected chi connectivity index (χ3v) is 5.84. The van der Waals surface area contributed by atoms with Gasteiger partial charge in [0.1, 0.15) is 6.04 Å². The van der Waals surface area contributed by atoms with E-state index in [9.17, 15) is 14.4 Å². The van der Waals surface area contributed by atoms with Gasteiger partial charge in [0.05, 0.1) is 6.26 Å². The smallest absolute Gasteiger partial charge is 0.330 e. The molecular weight excluding hydrogens is 468 g/mol. The number of anilines is 1. The molecular formula is C30H28N2O5. The standard InChI is InChI=1S/C30H28N2O5/c1-20-15-16-21(2)24(18-20)31-29(34)27(23-12-7-4-8-13-23)37-30(35)25(19-22-10-5-3-6-11-22)32-28(33)26-14-9-17-36-26/h3-18,25,27H,19H2,1-2H3,(H,31,34)(H,32,33)/t25-,27-/m0/s1. The number of amides is 2. The highest BCUT2D eigenvalue weighted by Crippen LogP contribution is 2.23. The number of rotatable bonds is 9. The largest absolute Gasteiger partial charge is 0.459 e. The zero-order chi connectivity index (χ0) is 26.2. The summed E-state index contributed by atoms with van der Waals surface area (Å²) < 4.78 is 11.0. The molecule has 3 aromatic carbocycles. The van der Waals surface area contributed by atoms with Gasteiger partial charge in [0.2, 0.25) is 6.10 Å². The lowest BCUT2D eigenvalue weighted by Gasteiger charge is -2.23. The first kappa shape index (κ1) is 25.4. The van der Waals surface area contributed by atoms with Gasteiger partial charge in [-0.25, -0.2) is 4.79 Å². The van der Waals surface area contributed by atoms with Crippen molar-refractivity contribution in [2.45, 2.75) is 32.4 Å². The minimum atomic E-state index is -1.23. The summed E-state index contributed by atoms with van der Waals surface area (Å²) in [5.74, 6) is -1.73. The van der Waals surface area contributed by atoms with Gasteiger partial charge in [0.15, 0.2) is 5.76 Å². The summed E-state index contributed by atoms with van der Waals surface area (Å²) in [7, 11) is 0. The Morgan fingerprint density at radius 1 is 0.865 bits per heavy atom. The fourth-order valence-corrected chi connectivity index (χ4v) is 3.85. The molecule has 2 amide bonds. The first-order valence-electron chi connectivity index (χ1n) is 11.9. The Morgan fingerprint density at radius 3 is 2.24 bits per heavy atom. The predicted octanol–water partition coefficient (Wildman–Crippen LogP) is 5.16. The van der Waals surface area contributed by atoms with E-state index in [0.29, 0.717) is 11.3 Å². The van der Waals surface area contributed by atoms with E-state index in [1.807, 2.05) is 68.4 Å². The molecule has 0 unspecified atom stereocenters. The van der Waals surface area contributed by atoms with Gasteiger partial charge in [0, 0.05) is 17.7 Å². The van der Waals surface area contributed by atoms with Gasteiger partial charge >= 0.3 is 5.97 Å². The monoisotopic (exact) mass is 496 g/mol. The highest BCUT2D eigenvalue weighted by molar-refractivity contribution is 5.98. The Kier molecular flexibility index (Phi) is 8.15. The van der Waals surface area contributed by atoms with Crippen LogP contribution in [0.2, 0.25) is 0 Å². The number of nitrogens with one attached hydrogen (secondary N) is 2. The summed E-state index contributed by atoms with van der Waals surface area (Å²) in [6.45, 7) is 3.82. The second kappa shape index (κ2) is 11.9. The molecule has 0 fully saturated rings. The van der Waals surface area contributed by atoms with Gasteiger partial charge in [-0.05, 0) is 48.7 Å². The molecule has 0 radical (unpaired) electrons. The Bertz CT molecular complexity index is 1350. The van der Waals surface area contributed by atoms with Crippen molar-refractivity contribution in [2.24, 2.45) is 0 Å². The number of carbonyl (C=O) groups excluding carboxylic acids is 3. The van der Waals surface area contributed by atoms with E-state index in [-0.39, 0.29) is 12.2 Å². The molecule has 37 heavy (non-hydrogen) atoms. The summed E-state index contributed by atoms with van der Waals surface area (Å²) >= 11 is 0. The zero-order valence-electron chi connectivity index (χ0n) is 20.6. The first-order valence-corrected chi connectivity index (χ1v) is 11.9. The van der Waals surface area contributed by atoms with E-state index in [2.05, 4.69) is 10.6 Å². The minimum Gasteiger partial charge on any atom is -0.459 e. The van der Waals surface area contributed by atoms with Crippen molar-refractivity contribution >= 4 is 23.5 Å². The molecule has 1 heterocycles. The van der Waals surface area contributed by atoms with Gasteiger partial charge in [-0.3, -0.25) is 9.59 Å².